The lowest BCUT2D eigenvalue weighted by molar-refractivity contribution is -0.117. The predicted octanol–water partition coefficient (Wildman–Crippen LogP) is 6.30. The first kappa shape index (κ1) is 28.0. The SMILES string of the molecule is C=CC(=O)N[C@@H]1CC[C@H](n2c(NC(=O)c3ccc(C(C)F)s3)nc3cc(CN[C@@H](C)C(C)(C)C)ccc32)C1. The molecule has 0 aliphatic heterocycles. The Morgan fingerprint density at radius 2 is 2.00 bits per heavy atom. The minimum atomic E-state index is -1.12. The van der Waals surface area contributed by atoms with Gasteiger partial charge in [-0.2, -0.15) is 0 Å². The number of alkyl halides is 1. The Morgan fingerprint density at radius 3 is 2.66 bits per heavy atom. The van der Waals surface area contributed by atoms with Crippen molar-refractivity contribution in [2.24, 2.45) is 5.41 Å². The number of amides is 2. The number of carbonyl (C=O) groups excluding carboxylic acids is 2. The molecular weight excluding hydrogens is 501 g/mol. The van der Waals surface area contributed by atoms with Crippen LogP contribution in [-0.4, -0.2) is 33.4 Å². The normalized spacial score (nSPS) is 19.3. The zero-order valence-corrected chi connectivity index (χ0v) is 23.6. The molecule has 1 aromatic carbocycles. The van der Waals surface area contributed by atoms with Crippen LogP contribution in [0.1, 0.15) is 86.2 Å². The molecule has 0 bridgehead atoms. The van der Waals surface area contributed by atoms with Crippen molar-refractivity contribution in [3.8, 4) is 0 Å². The van der Waals surface area contributed by atoms with Gasteiger partial charge in [-0.05, 0) is 74.4 Å². The highest BCUT2D eigenvalue weighted by Crippen LogP contribution is 2.36. The molecule has 3 aromatic rings. The van der Waals surface area contributed by atoms with Gasteiger partial charge in [0.2, 0.25) is 11.9 Å². The number of anilines is 1. The molecule has 0 saturated heterocycles. The highest BCUT2D eigenvalue weighted by atomic mass is 32.1. The Morgan fingerprint density at radius 1 is 1.24 bits per heavy atom. The van der Waals surface area contributed by atoms with Crippen molar-refractivity contribution in [2.75, 3.05) is 5.32 Å². The van der Waals surface area contributed by atoms with Gasteiger partial charge in [-0.3, -0.25) is 14.9 Å². The fraction of sp³-hybridized carbons (Fsp3) is 0.483. The third-order valence-corrected chi connectivity index (χ3v) is 8.67. The topological polar surface area (TPSA) is 88.1 Å². The number of benzene rings is 1. The molecule has 1 saturated carbocycles. The molecule has 4 rings (SSSR count). The maximum absolute atomic E-state index is 13.7. The number of thiophene rings is 1. The molecule has 7 nitrogen and oxygen atoms in total. The summed E-state index contributed by atoms with van der Waals surface area (Å²) < 4.78 is 15.8. The van der Waals surface area contributed by atoms with E-state index in [1.54, 1.807) is 12.1 Å². The number of hydrogen-bond donors (Lipinski definition) is 3. The third kappa shape index (κ3) is 6.32. The number of halogens is 1. The standard InChI is InChI=1S/C29H38FN5O2S/c1-7-26(36)32-20-9-10-21(15-20)35-23-11-8-19(16-31-18(3)29(4,5)6)14-22(23)33-28(35)34-27(37)25-13-12-24(38-25)17(2)30/h7-8,11-14,17-18,20-21,31H,1,9-10,15-16H2,2-6H3,(H,32,36)(H,33,34,37)/t17?,18-,20+,21-/m0/s1. The van der Waals surface area contributed by atoms with Gasteiger partial charge in [0, 0.05) is 29.5 Å². The van der Waals surface area contributed by atoms with E-state index in [9.17, 15) is 14.0 Å². The molecule has 38 heavy (non-hydrogen) atoms. The molecule has 1 aliphatic rings. The highest BCUT2D eigenvalue weighted by molar-refractivity contribution is 7.14. The largest absolute Gasteiger partial charge is 0.350 e. The van der Waals surface area contributed by atoms with E-state index >= 15 is 0 Å². The Balaban J connectivity index is 1.63. The first-order valence-electron chi connectivity index (χ1n) is 13.2. The first-order chi connectivity index (χ1) is 18.0. The lowest BCUT2D eigenvalue weighted by atomic mass is 9.88. The first-order valence-corrected chi connectivity index (χ1v) is 14.0. The summed E-state index contributed by atoms with van der Waals surface area (Å²) in [5, 5.41) is 9.57. The summed E-state index contributed by atoms with van der Waals surface area (Å²) in [7, 11) is 0. The number of rotatable bonds is 9. The molecule has 0 radical (unpaired) electrons. The van der Waals surface area contributed by atoms with Crippen LogP contribution in [0, 0.1) is 5.41 Å². The van der Waals surface area contributed by atoms with Crippen LogP contribution in [0.2, 0.25) is 0 Å². The van der Waals surface area contributed by atoms with E-state index in [0.29, 0.717) is 28.3 Å². The highest BCUT2D eigenvalue weighted by Gasteiger charge is 2.30. The van der Waals surface area contributed by atoms with Crippen LogP contribution in [0.5, 0.6) is 0 Å². The Hall–Kier alpha value is -3.04. The van der Waals surface area contributed by atoms with Crippen molar-refractivity contribution < 1.29 is 14.0 Å². The molecular formula is C29H38FN5O2S. The van der Waals surface area contributed by atoms with Crippen LogP contribution in [0.4, 0.5) is 10.3 Å². The monoisotopic (exact) mass is 539 g/mol. The van der Waals surface area contributed by atoms with Crippen molar-refractivity contribution >= 4 is 40.1 Å². The minimum absolute atomic E-state index is 0.0276. The third-order valence-electron chi connectivity index (χ3n) is 7.44. The van der Waals surface area contributed by atoms with E-state index in [2.05, 4.69) is 73.0 Å². The molecule has 204 valence electrons. The molecule has 2 heterocycles. The van der Waals surface area contributed by atoms with E-state index in [4.69, 9.17) is 4.98 Å². The van der Waals surface area contributed by atoms with Crippen molar-refractivity contribution in [1.82, 2.24) is 20.2 Å². The van der Waals surface area contributed by atoms with Crippen molar-refractivity contribution in [3.63, 3.8) is 0 Å². The quantitative estimate of drug-likeness (QED) is 0.279. The van der Waals surface area contributed by atoms with Crippen LogP contribution < -0.4 is 16.0 Å². The van der Waals surface area contributed by atoms with Crippen molar-refractivity contribution in [1.29, 1.82) is 0 Å². The number of nitrogens with one attached hydrogen (secondary N) is 3. The van der Waals surface area contributed by atoms with Crippen LogP contribution in [0.15, 0.2) is 43.0 Å². The second-order valence-corrected chi connectivity index (χ2v) is 12.4. The number of carbonyl (C=O) groups is 2. The summed E-state index contributed by atoms with van der Waals surface area (Å²) in [5.41, 5.74) is 2.98. The smallest absolute Gasteiger partial charge is 0.268 e. The Bertz CT molecular complexity index is 1320. The second kappa shape index (κ2) is 11.4. The van der Waals surface area contributed by atoms with E-state index < -0.39 is 6.17 Å². The predicted molar refractivity (Wildman–Crippen MR) is 152 cm³/mol. The van der Waals surface area contributed by atoms with Gasteiger partial charge in [0.05, 0.1) is 15.9 Å². The summed E-state index contributed by atoms with van der Waals surface area (Å²) >= 11 is 1.15. The van der Waals surface area contributed by atoms with Gasteiger partial charge in [-0.25, -0.2) is 9.37 Å². The number of hydrogen-bond acceptors (Lipinski definition) is 5. The fourth-order valence-corrected chi connectivity index (χ4v) is 5.56. The van der Waals surface area contributed by atoms with E-state index in [1.165, 1.54) is 13.0 Å². The van der Waals surface area contributed by atoms with Crippen LogP contribution in [0.3, 0.4) is 0 Å². The lowest BCUT2D eigenvalue weighted by Gasteiger charge is -2.28. The van der Waals surface area contributed by atoms with Gasteiger partial charge in [0.25, 0.3) is 5.91 Å². The number of aromatic nitrogens is 2. The molecule has 4 atom stereocenters. The summed E-state index contributed by atoms with van der Waals surface area (Å²) in [6, 6.07) is 9.91. The molecule has 2 aromatic heterocycles. The van der Waals surface area contributed by atoms with Gasteiger partial charge < -0.3 is 15.2 Å². The van der Waals surface area contributed by atoms with Gasteiger partial charge in [0.15, 0.2) is 0 Å². The second-order valence-electron chi connectivity index (χ2n) is 11.2. The molecule has 1 aliphatic carbocycles. The molecule has 1 unspecified atom stereocenters. The van der Waals surface area contributed by atoms with Gasteiger partial charge in [-0.1, -0.05) is 33.4 Å². The number of fused-ring (bicyclic) bond motifs is 1. The van der Waals surface area contributed by atoms with Crippen LogP contribution >= 0.6 is 11.3 Å². The molecule has 2 amide bonds. The summed E-state index contributed by atoms with van der Waals surface area (Å²) in [6.45, 7) is 14.5. The zero-order valence-electron chi connectivity index (χ0n) is 22.8. The average molecular weight is 540 g/mol. The lowest BCUT2D eigenvalue weighted by Crippen LogP contribution is -2.37. The maximum Gasteiger partial charge on any atom is 0.268 e. The fourth-order valence-electron chi connectivity index (χ4n) is 4.72. The maximum atomic E-state index is 13.7. The minimum Gasteiger partial charge on any atom is -0.350 e. The van der Waals surface area contributed by atoms with Gasteiger partial charge >= 0.3 is 0 Å². The average Bonchev–Trinajstić information content (AvgIpc) is 3.59. The van der Waals surface area contributed by atoms with Crippen LogP contribution in [0.25, 0.3) is 11.0 Å². The number of nitrogens with zero attached hydrogens (tertiary/aromatic N) is 2. The Kier molecular flexibility index (Phi) is 8.37. The van der Waals surface area contributed by atoms with Gasteiger partial charge in [-0.15, -0.1) is 11.3 Å². The molecule has 9 heteroatoms. The Labute approximate surface area is 227 Å². The molecule has 0 spiro atoms. The van der Waals surface area contributed by atoms with Gasteiger partial charge in [0.1, 0.15) is 6.17 Å². The zero-order chi connectivity index (χ0) is 27.6. The summed E-state index contributed by atoms with van der Waals surface area (Å²) in [4.78, 5) is 30.8. The van der Waals surface area contributed by atoms with E-state index in [1.807, 2.05) is 0 Å². The van der Waals surface area contributed by atoms with E-state index in [-0.39, 0.29) is 29.3 Å². The summed E-state index contributed by atoms with van der Waals surface area (Å²) in [5.74, 6) is -0.0344. The molecule has 1 fully saturated rings. The van der Waals surface area contributed by atoms with E-state index in [0.717, 1.165) is 47.2 Å². The van der Waals surface area contributed by atoms with Crippen molar-refractivity contribution in [3.05, 3.63) is 58.3 Å². The number of imidazole rings is 1. The van der Waals surface area contributed by atoms with Crippen molar-refractivity contribution in [2.45, 2.75) is 84.7 Å². The molecule has 3 N–H and O–H groups in total. The van der Waals surface area contributed by atoms with Crippen LogP contribution in [-0.2, 0) is 11.3 Å². The summed E-state index contributed by atoms with van der Waals surface area (Å²) in [6.07, 6.45) is 2.55.